The van der Waals surface area contributed by atoms with Crippen LogP contribution in [0.5, 0.6) is 11.5 Å². The van der Waals surface area contributed by atoms with Crippen molar-refractivity contribution in [2.45, 2.75) is 122 Å². The molecule has 4 rings (SSSR count). The van der Waals surface area contributed by atoms with Crippen molar-refractivity contribution in [1.29, 1.82) is 0 Å². The third-order valence-corrected chi connectivity index (χ3v) is 11.5. The third kappa shape index (κ3) is 12.3. The summed E-state index contributed by atoms with van der Waals surface area (Å²) in [5.41, 5.74) is -4.88. The predicted molar refractivity (Wildman–Crippen MR) is 209 cm³/mol. The highest BCUT2D eigenvalue weighted by molar-refractivity contribution is 8.08. The molecule has 2 aliphatic heterocycles. The molecule has 3 aliphatic rings. The van der Waals surface area contributed by atoms with Crippen LogP contribution in [0.25, 0.3) is 0 Å². The van der Waals surface area contributed by atoms with Crippen LogP contribution < -0.4 is 0 Å². The molecule has 0 spiro atoms. The molecule has 2 saturated heterocycles. The van der Waals surface area contributed by atoms with Crippen LogP contribution >= 0.6 is 23.5 Å². The van der Waals surface area contributed by atoms with Crippen LogP contribution in [-0.2, 0) is 85.7 Å². The lowest BCUT2D eigenvalue weighted by atomic mass is 9.90. The second-order valence-corrected chi connectivity index (χ2v) is 16.2. The lowest BCUT2D eigenvalue weighted by molar-refractivity contribution is -0.237. The van der Waals surface area contributed by atoms with E-state index in [0.29, 0.717) is 23.5 Å². The maximum Gasteiger partial charge on any atom is 0.303 e. The Morgan fingerprint density at radius 3 is 1.16 bits per heavy atom. The zero-order valence-corrected chi connectivity index (χ0v) is 36.8. The summed E-state index contributed by atoms with van der Waals surface area (Å²) in [6.07, 6.45) is -13.2. The number of aromatic hydroxyl groups is 2. The zero-order valence-electron chi connectivity index (χ0n) is 35.1. The van der Waals surface area contributed by atoms with Gasteiger partial charge in [0.2, 0.25) is 11.6 Å². The van der Waals surface area contributed by atoms with Crippen molar-refractivity contribution in [3.63, 3.8) is 0 Å². The van der Waals surface area contributed by atoms with Gasteiger partial charge in [-0.3, -0.25) is 47.9 Å². The van der Waals surface area contributed by atoms with Crippen molar-refractivity contribution < 1.29 is 106 Å². The average Bonchev–Trinajstić information content (AvgIpc) is 3.15. The Kier molecular flexibility index (Phi) is 16.7. The van der Waals surface area contributed by atoms with E-state index in [0.717, 1.165) is 61.5 Å². The minimum absolute atomic E-state index is 0.0419. The maximum absolute atomic E-state index is 14.8. The first-order chi connectivity index (χ1) is 29.4. The Morgan fingerprint density at radius 2 is 0.825 bits per heavy atom. The van der Waals surface area contributed by atoms with Crippen LogP contribution in [-0.4, -0.2) is 142 Å². The number of Topliss-reactive ketones (excluding diaryl/α,β-unsaturated/α-hetero) is 2. The number of ketones is 2. The number of aryl methyl sites for hydroxylation is 1. The van der Waals surface area contributed by atoms with Gasteiger partial charge in [-0.2, -0.15) is 0 Å². The molecular formula is C39H44O22S2. The number of thioether (sulfide) groups is 2. The molecule has 2 heterocycles. The molecule has 24 heteroatoms. The van der Waals surface area contributed by atoms with Crippen molar-refractivity contribution in [2.75, 3.05) is 13.2 Å². The second kappa shape index (κ2) is 21.1. The van der Waals surface area contributed by atoms with Gasteiger partial charge in [0, 0.05) is 55.4 Å². The van der Waals surface area contributed by atoms with Gasteiger partial charge in [0.05, 0.1) is 20.9 Å². The zero-order chi connectivity index (χ0) is 47.2. The van der Waals surface area contributed by atoms with E-state index in [9.17, 15) is 58.2 Å². The number of fused-ring (bicyclic) bond motifs is 1. The molecule has 1 aliphatic carbocycles. The highest BCUT2D eigenvalue weighted by Gasteiger charge is 2.56. The van der Waals surface area contributed by atoms with E-state index in [1.165, 1.54) is 6.92 Å². The number of phenolic OH excluding ortho intramolecular Hbond substituents is 2. The summed E-state index contributed by atoms with van der Waals surface area (Å²) in [5, 5.41) is 22.3. The van der Waals surface area contributed by atoms with Gasteiger partial charge < -0.3 is 57.6 Å². The normalized spacial score (nSPS) is 26.6. The number of hydrogen-bond acceptors (Lipinski definition) is 24. The fraction of sp³-hybridized carbons (Fsp3) is 0.538. The molecule has 2 N–H and O–H groups in total. The summed E-state index contributed by atoms with van der Waals surface area (Å²) in [7, 11) is 0. The number of rotatable bonds is 14. The first kappa shape index (κ1) is 49.9. The molecule has 1 aromatic carbocycles. The van der Waals surface area contributed by atoms with Crippen LogP contribution in [0.2, 0.25) is 0 Å². The second-order valence-electron chi connectivity index (χ2n) is 14.0. The molecule has 0 bridgehead atoms. The quantitative estimate of drug-likeness (QED) is 0.152. The number of esters is 8. The largest absolute Gasteiger partial charge is 0.507 e. The van der Waals surface area contributed by atoms with Gasteiger partial charge in [0.1, 0.15) is 47.8 Å². The smallest absolute Gasteiger partial charge is 0.303 e. The number of benzene rings is 1. The SMILES string of the molecule is CC(=O)OC[C@H]1O[C@@H](SC2=C(S[C@@H]3O[C@H](COC(C)=O)[C@@H](OC(C)=O)[C@H](OC(C)=O)[C@H]3OC(C)=O)C(=O)c3c(O)c(C)cc(O)c3C2=O)[C@H](OC(C)=O)[C@@H](OC(C)=O)[C@@H]1OC(C)=O. The van der Waals surface area contributed by atoms with Gasteiger partial charge >= 0.3 is 47.8 Å². The number of phenols is 2. The molecule has 10 atom stereocenters. The standard InChI is InChI=1S/C39H44O22S2/c1-13-10-22(48)25-26(27(13)49)29(51)37(63-39-35(59-21(9)47)33(57-19(7)45)31(55-17(5)43)24(61-39)12-53-15(3)41)36(28(25)50)62-38-34(58-20(8)46)32(56-18(6)44)30(54-16(4)42)23(60-38)11-52-14(2)40/h10,23-24,30-35,38-39,48-49H,11-12H2,1-9H3/t23-,24-,30-,31-,32+,33+,34-,35-,38+,39+/m1/s1. The van der Waals surface area contributed by atoms with Crippen LogP contribution in [0.1, 0.15) is 81.7 Å². The highest BCUT2D eigenvalue weighted by atomic mass is 32.2. The predicted octanol–water partition coefficient (Wildman–Crippen LogP) is 1.63. The summed E-state index contributed by atoms with van der Waals surface area (Å²) < 4.78 is 55.6. The summed E-state index contributed by atoms with van der Waals surface area (Å²) >= 11 is 0.720. The van der Waals surface area contributed by atoms with E-state index >= 15 is 0 Å². The van der Waals surface area contributed by atoms with E-state index in [1.807, 2.05) is 0 Å². The lowest BCUT2D eigenvalue weighted by Gasteiger charge is -2.45. The minimum atomic E-state index is -1.78. The first-order valence-corrected chi connectivity index (χ1v) is 20.5. The molecular weight excluding hydrogens is 885 g/mol. The third-order valence-electron chi connectivity index (χ3n) is 8.91. The summed E-state index contributed by atoms with van der Waals surface area (Å²) in [6.45, 7) is 8.02. The van der Waals surface area contributed by atoms with Gasteiger partial charge in [-0.1, -0.05) is 23.5 Å². The fourth-order valence-corrected chi connectivity index (χ4v) is 9.34. The van der Waals surface area contributed by atoms with E-state index in [4.69, 9.17) is 47.4 Å². The molecule has 0 unspecified atom stereocenters. The van der Waals surface area contributed by atoms with Crippen molar-refractivity contribution in [3.8, 4) is 11.5 Å². The monoisotopic (exact) mass is 928 g/mol. The molecule has 2 fully saturated rings. The maximum atomic E-state index is 14.8. The van der Waals surface area contributed by atoms with Crippen LogP contribution in [0.3, 0.4) is 0 Å². The van der Waals surface area contributed by atoms with Gasteiger partial charge in [-0.15, -0.1) is 0 Å². The van der Waals surface area contributed by atoms with Crippen molar-refractivity contribution in [2.24, 2.45) is 0 Å². The summed E-state index contributed by atoms with van der Waals surface area (Å²) in [6, 6.07) is 1.01. The Labute approximate surface area is 366 Å². The number of allylic oxidation sites excluding steroid dienone is 2. The van der Waals surface area contributed by atoms with E-state index in [-0.39, 0.29) is 5.56 Å². The van der Waals surface area contributed by atoms with Crippen molar-refractivity contribution in [1.82, 2.24) is 0 Å². The average molecular weight is 929 g/mol. The first-order valence-electron chi connectivity index (χ1n) is 18.7. The lowest BCUT2D eigenvalue weighted by Crippen LogP contribution is -2.61. The Hall–Kier alpha value is -5.72. The highest BCUT2D eigenvalue weighted by Crippen LogP contribution is 2.50. The van der Waals surface area contributed by atoms with Gasteiger partial charge in [0.15, 0.2) is 36.6 Å². The molecule has 0 amide bonds. The van der Waals surface area contributed by atoms with E-state index in [2.05, 4.69) is 0 Å². The van der Waals surface area contributed by atoms with Crippen LogP contribution in [0, 0.1) is 6.92 Å². The fourth-order valence-electron chi connectivity index (χ4n) is 6.69. The van der Waals surface area contributed by atoms with Gasteiger partial charge in [-0.05, 0) is 18.6 Å². The van der Waals surface area contributed by atoms with Crippen molar-refractivity contribution >= 4 is 82.8 Å². The topological polar surface area (TPSA) is 303 Å². The Morgan fingerprint density at radius 1 is 0.508 bits per heavy atom. The molecule has 0 aromatic heterocycles. The number of ether oxygens (including phenoxy) is 10. The molecule has 344 valence electrons. The van der Waals surface area contributed by atoms with Crippen molar-refractivity contribution in [3.05, 3.63) is 32.6 Å². The molecule has 22 nitrogen and oxygen atoms in total. The van der Waals surface area contributed by atoms with E-state index in [1.54, 1.807) is 0 Å². The molecule has 0 saturated carbocycles. The number of hydrogen-bond donors (Lipinski definition) is 2. The van der Waals surface area contributed by atoms with E-state index < -0.39 is 165 Å². The molecule has 0 radical (unpaired) electrons. The summed E-state index contributed by atoms with van der Waals surface area (Å²) in [5.74, 6) is -11.2. The Balaban J connectivity index is 2.01. The van der Waals surface area contributed by atoms with Crippen LogP contribution in [0.4, 0.5) is 0 Å². The van der Waals surface area contributed by atoms with Crippen LogP contribution in [0.15, 0.2) is 15.9 Å². The summed E-state index contributed by atoms with van der Waals surface area (Å²) in [4.78, 5) is 127. The van der Waals surface area contributed by atoms with Gasteiger partial charge in [0.25, 0.3) is 0 Å². The minimum Gasteiger partial charge on any atom is -0.507 e. The number of carbonyl (C=O) groups excluding carboxylic acids is 10. The van der Waals surface area contributed by atoms with Gasteiger partial charge in [-0.25, -0.2) is 0 Å². The molecule has 63 heavy (non-hydrogen) atoms. The molecule has 1 aromatic rings. The Bertz CT molecular complexity index is 2100. The number of carbonyl (C=O) groups is 10.